The molecule has 28 heavy (non-hydrogen) atoms. The van der Waals surface area contributed by atoms with E-state index >= 15 is 0 Å². The fourth-order valence-electron chi connectivity index (χ4n) is 3.19. The largest absolute Gasteiger partial charge is 0.497 e. The Labute approximate surface area is 169 Å². The number of hydrogen-bond acceptors (Lipinski definition) is 5. The molecule has 0 radical (unpaired) electrons. The zero-order valence-corrected chi connectivity index (χ0v) is 17.6. The first-order chi connectivity index (χ1) is 13.4. The number of methoxy groups -OCH3 is 2. The lowest BCUT2D eigenvalue weighted by atomic mass is 10.0. The molecule has 8 heteroatoms. The summed E-state index contributed by atoms with van der Waals surface area (Å²) in [5.41, 5.74) is 0. The number of nitrogens with zero attached hydrogens (tertiary/aromatic N) is 1. The molecular formula is C20H24FNO4S2. The van der Waals surface area contributed by atoms with Crippen molar-refractivity contribution in [2.45, 2.75) is 22.6 Å². The van der Waals surface area contributed by atoms with Crippen LogP contribution in [0.15, 0.2) is 52.3 Å². The minimum atomic E-state index is -3.78. The van der Waals surface area contributed by atoms with Crippen molar-refractivity contribution in [3.63, 3.8) is 0 Å². The number of hydrogen-bond donors (Lipinski definition) is 0. The van der Waals surface area contributed by atoms with Crippen LogP contribution in [0.25, 0.3) is 0 Å². The fraction of sp³-hybridized carbons (Fsp3) is 0.400. The number of piperidine rings is 1. The van der Waals surface area contributed by atoms with Crippen LogP contribution in [0.5, 0.6) is 11.5 Å². The van der Waals surface area contributed by atoms with Gasteiger partial charge in [-0.05, 0) is 61.2 Å². The second kappa shape index (κ2) is 9.15. The molecule has 152 valence electrons. The van der Waals surface area contributed by atoms with Gasteiger partial charge in [0.25, 0.3) is 0 Å². The Balaban J connectivity index is 1.59. The van der Waals surface area contributed by atoms with Gasteiger partial charge in [-0.15, -0.1) is 11.8 Å². The lowest BCUT2D eigenvalue weighted by Crippen LogP contribution is -2.39. The van der Waals surface area contributed by atoms with E-state index in [-0.39, 0.29) is 10.6 Å². The number of thioether (sulfide) groups is 1. The molecule has 5 nitrogen and oxygen atoms in total. The van der Waals surface area contributed by atoms with Gasteiger partial charge in [-0.25, -0.2) is 12.8 Å². The van der Waals surface area contributed by atoms with Gasteiger partial charge in [0.2, 0.25) is 10.0 Å². The van der Waals surface area contributed by atoms with Crippen molar-refractivity contribution in [3.05, 3.63) is 48.3 Å². The van der Waals surface area contributed by atoms with Crippen LogP contribution in [0.2, 0.25) is 0 Å². The molecule has 2 aromatic rings. The summed E-state index contributed by atoms with van der Waals surface area (Å²) in [6, 6.07) is 11.5. The molecular weight excluding hydrogens is 401 g/mol. The number of benzene rings is 2. The molecule has 0 aromatic heterocycles. The van der Waals surface area contributed by atoms with Gasteiger partial charge in [-0.2, -0.15) is 4.31 Å². The van der Waals surface area contributed by atoms with E-state index < -0.39 is 15.8 Å². The summed E-state index contributed by atoms with van der Waals surface area (Å²) in [5.74, 6) is 1.77. The van der Waals surface area contributed by atoms with E-state index in [1.165, 1.54) is 28.4 Å². The quantitative estimate of drug-likeness (QED) is 0.627. The van der Waals surface area contributed by atoms with E-state index in [4.69, 9.17) is 9.47 Å². The van der Waals surface area contributed by atoms with Crippen molar-refractivity contribution in [2.24, 2.45) is 5.92 Å². The van der Waals surface area contributed by atoms with Crippen molar-refractivity contribution in [1.29, 1.82) is 0 Å². The lowest BCUT2D eigenvalue weighted by Gasteiger charge is -2.31. The first-order valence-electron chi connectivity index (χ1n) is 9.04. The van der Waals surface area contributed by atoms with Crippen LogP contribution in [0.4, 0.5) is 4.39 Å². The molecule has 0 amide bonds. The predicted molar refractivity (Wildman–Crippen MR) is 108 cm³/mol. The highest BCUT2D eigenvalue weighted by Gasteiger charge is 2.31. The minimum Gasteiger partial charge on any atom is -0.497 e. The van der Waals surface area contributed by atoms with E-state index in [0.29, 0.717) is 19.0 Å². The molecule has 1 fully saturated rings. The Bertz CT molecular complexity index is 895. The van der Waals surface area contributed by atoms with Crippen LogP contribution in [0.1, 0.15) is 12.8 Å². The van der Waals surface area contributed by atoms with Crippen molar-refractivity contribution < 1.29 is 22.3 Å². The lowest BCUT2D eigenvalue weighted by molar-refractivity contribution is 0.289. The van der Waals surface area contributed by atoms with Crippen LogP contribution in [-0.2, 0) is 10.0 Å². The van der Waals surface area contributed by atoms with Crippen molar-refractivity contribution in [3.8, 4) is 11.5 Å². The number of sulfonamides is 1. The zero-order valence-electron chi connectivity index (χ0n) is 15.9. The first kappa shape index (κ1) is 21.0. The molecule has 0 N–H and O–H groups in total. The number of halogens is 1. The molecule has 1 aliphatic rings. The van der Waals surface area contributed by atoms with Gasteiger partial charge in [-0.1, -0.05) is 0 Å². The molecule has 1 heterocycles. The Morgan fingerprint density at radius 2 is 1.75 bits per heavy atom. The minimum absolute atomic E-state index is 0.110. The molecule has 0 spiro atoms. The third kappa shape index (κ3) is 4.79. The van der Waals surface area contributed by atoms with Gasteiger partial charge in [0, 0.05) is 23.7 Å². The van der Waals surface area contributed by atoms with Crippen LogP contribution >= 0.6 is 11.8 Å². The highest BCUT2D eigenvalue weighted by molar-refractivity contribution is 7.99. The van der Waals surface area contributed by atoms with Crippen LogP contribution < -0.4 is 9.47 Å². The maximum atomic E-state index is 13.6. The average Bonchev–Trinajstić information content (AvgIpc) is 2.73. The molecule has 0 unspecified atom stereocenters. The second-order valence-electron chi connectivity index (χ2n) is 6.63. The summed E-state index contributed by atoms with van der Waals surface area (Å²) >= 11 is 1.77. The van der Waals surface area contributed by atoms with E-state index in [0.717, 1.165) is 30.4 Å². The van der Waals surface area contributed by atoms with E-state index in [1.54, 1.807) is 18.9 Å². The number of rotatable bonds is 7. The summed E-state index contributed by atoms with van der Waals surface area (Å²) in [7, 11) is -0.752. The summed E-state index contributed by atoms with van der Waals surface area (Å²) in [6.45, 7) is 0.853. The molecule has 1 aliphatic heterocycles. The molecule has 0 atom stereocenters. The molecule has 1 saturated heterocycles. The third-order valence-electron chi connectivity index (χ3n) is 4.86. The molecule has 3 rings (SSSR count). The summed E-state index contributed by atoms with van der Waals surface area (Å²) in [5, 5.41) is 0. The van der Waals surface area contributed by atoms with Crippen LogP contribution in [-0.4, -0.2) is 45.8 Å². The normalized spacial score (nSPS) is 16.1. The predicted octanol–water partition coefficient (Wildman–Crippen LogP) is 4.04. The Hall–Kier alpha value is -1.77. The average molecular weight is 426 g/mol. The monoisotopic (exact) mass is 425 g/mol. The SMILES string of the molecule is COc1ccc(SCC2CCN(S(=O)(=O)c3cc(F)ccc3OC)CC2)cc1. The van der Waals surface area contributed by atoms with Crippen molar-refractivity contribution in [1.82, 2.24) is 4.31 Å². The second-order valence-corrected chi connectivity index (χ2v) is 9.63. The van der Waals surface area contributed by atoms with E-state index in [2.05, 4.69) is 0 Å². The van der Waals surface area contributed by atoms with Crippen molar-refractivity contribution in [2.75, 3.05) is 33.1 Å². The molecule has 0 bridgehead atoms. The molecule has 0 saturated carbocycles. The third-order valence-corrected chi connectivity index (χ3v) is 8.03. The maximum Gasteiger partial charge on any atom is 0.246 e. The van der Waals surface area contributed by atoms with Gasteiger partial charge in [-0.3, -0.25) is 0 Å². The van der Waals surface area contributed by atoms with Gasteiger partial charge >= 0.3 is 0 Å². The maximum absolute atomic E-state index is 13.6. The van der Waals surface area contributed by atoms with Crippen LogP contribution in [0, 0.1) is 11.7 Å². The van der Waals surface area contributed by atoms with E-state index in [9.17, 15) is 12.8 Å². The summed E-state index contributed by atoms with van der Waals surface area (Å²) in [6.07, 6.45) is 1.56. The topological polar surface area (TPSA) is 55.8 Å². The Morgan fingerprint density at radius 1 is 1.07 bits per heavy atom. The van der Waals surface area contributed by atoms with Gasteiger partial charge in [0.05, 0.1) is 14.2 Å². The highest BCUT2D eigenvalue weighted by Crippen LogP contribution is 2.32. The summed E-state index contributed by atoms with van der Waals surface area (Å²) < 4.78 is 51.2. The first-order valence-corrected chi connectivity index (χ1v) is 11.5. The smallest absolute Gasteiger partial charge is 0.246 e. The van der Waals surface area contributed by atoms with E-state index in [1.807, 2.05) is 24.3 Å². The van der Waals surface area contributed by atoms with Crippen LogP contribution in [0.3, 0.4) is 0 Å². The highest BCUT2D eigenvalue weighted by atomic mass is 32.2. The Morgan fingerprint density at radius 3 is 2.36 bits per heavy atom. The van der Waals surface area contributed by atoms with Gasteiger partial charge in [0.1, 0.15) is 22.2 Å². The van der Waals surface area contributed by atoms with Crippen molar-refractivity contribution >= 4 is 21.8 Å². The standard InChI is InChI=1S/C20H24FNO4S2/c1-25-17-4-6-18(7-5-17)27-14-15-9-11-22(12-10-15)28(23,24)20-13-16(21)3-8-19(20)26-2/h3-8,13,15H,9-12,14H2,1-2H3. The Kier molecular flexibility index (Phi) is 6.85. The number of ether oxygens (including phenoxy) is 2. The van der Waals surface area contributed by atoms with Gasteiger partial charge in [0.15, 0.2) is 0 Å². The molecule has 2 aromatic carbocycles. The fourth-order valence-corrected chi connectivity index (χ4v) is 5.92. The summed E-state index contributed by atoms with van der Waals surface area (Å²) in [4.78, 5) is 1.06. The molecule has 0 aliphatic carbocycles. The van der Waals surface area contributed by atoms with Gasteiger partial charge < -0.3 is 9.47 Å². The zero-order chi connectivity index (χ0) is 20.1.